The van der Waals surface area contributed by atoms with Crippen molar-refractivity contribution in [3.05, 3.63) is 58.6 Å². The van der Waals surface area contributed by atoms with Crippen molar-refractivity contribution < 1.29 is 31.7 Å². The summed E-state index contributed by atoms with van der Waals surface area (Å²) in [6.45, 7) is -1.82. The van der Waals surface area contributed by atoms with E-state index in [1.807, 2.05) is 0 Å². The number of sulfone groups is 1. The van der Waals surface area contributed by atoms with Crippen molar-refractivity contribution in [3.63, 3.8) is 0 Å². The van der Waals surface area contributed by atoms with E-state index in [1.54, 1.807) is 0 Å². The van der Waals surface area contributed by atoms with Crippen LogP contribution in [0.5, 0.6) is 5.75 Å². The first-order valence-corrected chi connectivity index (χ1v) is 9.00. The first-order chi connectivity index (χ1) is 12.6. The molecule has 144 valence electrons. The number of rotatable bonds is 7. The molecule has 8 nitrogen and oxygen atoms in total. The minimum Gasteiger partial charge on any atom is -0.435 e. The van der Waals surface area contributed by atoms with Crippen molar-refractivity contribution in [2.75, 3.05) is 5.32 Å². The summed E-state index contributed by atoms with van der Waals surface area (Å²) in [4.78, 5) is 21.9. The number of benzene rings is 2. The monoisotopic (exact) mass is 400 g/mol. The van der Waals surface area contributed by atoms with Gasteiger partial charge in [0.25, 0.3) is 5.69 Å². The highest BCUT2D eigenvalue weighted by Crippen LogP contribution is 2.22. The van der Waals surface area contributed by atoms with Crippen LogP contribution in [-0.2, 0) is 14.6 Å². The minimum absolute atomic E-state index is 0.116. The minimum atomic E-state index is -4.08. The van der Waals surface area contributed by atoms with Gasteiger partial charge in [-0.25, -0.2) is 8.42 Å². The molecule has 0 aliphatic carbocycles. The maximum atomic E-state index is 12.5. The number of anilines is 1. The van der Waals surface area contributed by atoms with Gasteiger partial charge in [0.2, 0.25) is 5.91 Å². The Kier molecular flexibility index (Phi) is 6.05. The van der Waals surface area contributed by atoms with Gasteiger partial charge in [-0.05, 0) is 43.3 Å². The number of nitrogens with zero attached hydrogens (tertiary/aromatic N) is 1. The molecule has 27 heavy (non-hydrogen) atoms. The third kappa shape index (κ3) is 4.97. The van der Waals surface area contributed by atoms with Crippen LogP contribution in [0.1, 0.15) is 6.92 Å². The fourth-order valence-corrected chi connectivity index (χ4v) is 3.33. The molecule has 0 aliphatic heterocycles. The number of nitro benzene ring substituents is 1. The first kappa shape index (κ1) is 20.2. The van der Waals surface area contributed by atoms with Crippen LogP contribution < -0.4 is 10.1 Å². The number of nitro groups is 1. The summed E-state index contributed by atoms with van der Waals surface area (Å²) < 4.78 is 53.3. The molecule has 1 atom stereocenters. The molecule has 0 heterocycles. The van der Waals surface area contributed by atoms with Crippen LogP contribution in [-0.4, -0.2) is 31.1 Å². The van der Waals surface area contributed by atoms with Gasteiger partial charge in [0, 0.05) is 17.8 Å². The normalized spacial score (nSPS) is 12.4. The smallest absolute Gasteiger partial charge is 0.387 e. The number of ether oxygens (including phenoxy) is 1. The van der Waals surface area contributed by atoms with Crippen molar-refractivity contribution in [2.45, 2.75) is 23.7 Å². The average molecular weight is 400 g/mol. The van der Waals surface area contributed by atoms with E-state index in [4.69, 9.17) is 0 Å². The lowest BCUT2D eigenvalue weighted by Gasteiger charge is -2.14. The second-order valence-electron chi connectivity index (χ2n) is 5.33. The maximum absolute atomic E-state index is 12.5. The third-order valence-corrected chi connectivity index (χ3v) is 5.63. The number of amides is 1. The molecule has 1 amide bonds. The highest BCUT2D eigenvalue weighted by molar-refractivity contribution is 7.92. The van der Waals surface area contributed by atoms with Crippen LogP contribution in [0.4, 0.5) is 20.2 Å². The fraction of sp³-hybridized carbons (Fsp3) is 0.188. The lowest BCUT2D eigenvalue weighted by atomic mass is 10.3. The number of hydrogen-bond acceptors (Lipinski definition) is 6. The molecule has 2 aromatic carbocycles. The third-order valence-electron chi connectivity index (χ3n) is 3.56. The predicted molar refractivity (Wildman–Crippen MR) is 91.4 cm³/mol. The topological polar surface area (TPSA) is 116 Å². The van der Waals surface area contributed by atoms with Gasteiger partial charge in [-0.3, -0.25) is 14.9 Å². The van der Waals surface area contributed by atoms with Crippen molar-refractivity contribution >= 4 is 27.1 Å². The summed E-state index contributed by atoms with van der Waals surface area (Å²) in [6, 6.07) is 9.09. The molecule has 2 rings (SSSR count). The number of alkyl halides is 2. The van der Waals surface area contributed by atoms with Crippen LogP contribution in [0.2, 0.25) is 0 Å². The zero-order valence-electron chi connectivity index (χ0n) is 13.8. The average Bonchev–Trinajstić information content (AvgIpc) is 2.62. The van der Waals surface area contributed by atoms with Crippen molar-refractivity contribution in [3.8, 4) is 5.75 Å². The Bertz CT molecular complexity index is 930. The van der Waals surface area contributed by atoms with Crippen LogP contribution in [0, 0.1) is 10.1 Å². The highest BCUT2D eigenvalue weighted by Gasteiger charge is 2.30. The van der Waals surface area contributed by atoms with Crippen LogP contribution in [0.3, 0.4) is 0 Å². The molecule has 1 N–H and O–H groups in total. The number of halogens is 2. The summed E-state index contributed by atoms with van der Waals surface area (Å²) in [6.07, 6.45) is 0. The molecular weight excluding hydrogens is 386 g/mol. The second-order valence-corrected chi connectivity index (χ2v) is 7.60. The lowest BCUT2D eigenvalue weighted by Crippen LogP contribution is -2.32. The van der Waals surface area contributed by atoms with E-state index in [-0.39, 0.29) is 22.0 Å². The molecule has 0 aromatic heterocycles. The summed E-state index contributed by atoms with van der Waals surface area (Å²) in [7, 11) is -4.08. The number of non-ortho nitro benzene ring substituents is 1. The summed E-state index contributed by atoms with van der Waals surface area (Å²) in [5.41, 5.74) is -0.0930. The molecule has 0 aliphatic rings. The van der Waals surface area contributed by atoms with Crippen molar-refractivity contribution in [1.29, 1.82) is 0 Å². The Hall–Kier alpha value is -3.08. The Labute approximate surface area is 152 Å². The molecule has 0 spiro atoms. The van der Waals surface area contributed by atoms with E-state index in [9.17, 15) is 32.1 Å². The van der Waals surface area contributed by atoms with E-state index in [2.05, 4.69) is 10.1 Å². The zero-order chi connectivity index (χ0) is 20.2. The van der Waals surface area contributed by atoms with E-state index in [1.165, 1.54) is 31.2 Å². The highest BCUT2D eigenvalue weighted by atomic mass is 32.2. The molecule has 0 unspecified atom stereocenters. The number of carbonyl (C=O) groups excluding carboxylic acids is 1. The second kappa shape index (κ2) is 8.08. The zero-order valence-corrected chi connectivity index (χ0v) is 14.7. The summed E-state index contributed by atoms with van der Waals surface area (Å²) in [5.74, 6) is -0.967. The van der Waals surface area contributed by atoms with E-state index >= 15 is 0 Å². The van der Waals surface area contributed by atoms with Crippen LogP contribution in [0.25, 0.3) is 0 Å². The maximum Gasteiger partial charge on any atom is 0.387 e. The predicted octanol–water partition coefficient (Wildman–Crippen LogP) is 3.00. The van der Waals surface area contributed by atoms with Gasteiger partial charge in [-0.1, -0.05) is 0 Å². The number of nitrogens with one attached hydrogen (secondary N) is 1. The molecule has 11 heteroatoms. The van der Waals surface area contributed by atoms with Gasteiger partial charge in [-0.2, -0.15) is 8.78 Å². The molecular formula is C16H14F2N2O6S. The first-order valence-electron chi connectivity index (χ1n) is 7.45. The quantitative estimate of drug-likeness (QED) is 0.564. The Morgan fingerprint density at radius 1 is 1.11 bits per heavy atom. The van der Waals surface area contributed by atoms with Gasteiger partial charge in [0.05, 0.1) is 9.82 Å². The van der Waals surface area contributed by atoms with E-state index < -0.39 is 32.5 Å². The summed E-state index contributed by atoms with van der Waals surface area (Å²) in [5, 5.41) is 11.5. The molecule has 0 fully saturated rings. The molecule has 0 saturated heterocycles. The molecule has 0 radical (unpaired) electrons. The molecule has 0 saturated carbocycles. The molecule has 2 aromatic rings. The largest absolute Gasteiger partial charge is 0.435 e. The van der Waals surface area contributed by atoms with Crippen LogP contribution >= 0.6 is 0 Å². The SMILES string of the molecule is C[C@H](C(=O)Nc1ccc(OC(F)F)cc1)S(=O)(=O)c1ccc([N+](=O)[O-])cc1. The summed E-state index contributed by atoms with van der Waals surface area (Å²) >= 11 is 0. The van der Waals surface area contributed by atoms with Gasteiger partial charge >= 0.3 is 6.61 Å². The Balaban J connectivity index is 2.12. The Morgan fingerprint density at radius 3 is 2.15 bits per heavy atom. The van der Waals surface area contributed by atoms with E-state index in [0.717, 1.165) is 24.3 Å². The molecule has 0 bridgehead atoms. The van der Waals surface area contributed by atoms with E-state index in [0.29, 0.717) is 0 Å². The number of hydrogen-bond donors (Lipinski definition) is 1. The Morgan fingerprint density at radius 2 is 1.67 bits per heavy atom. The van der Waals surface area contributed by atoms with Crippen molar-refractivity contribution in [1.82, 2.24) is 0 Å². The lowest BCUT2D eigenvalue weighted by molar-refractivity contribution is -0.384. The standard InChI is InChI=1S/C16H14F2N2O6S/c1-10(27(24,25)14-8-4-12(5-9-14)20(22)23)15(21)19-11-2-6-13(7-3-11)26-16(17)18/h2-10,16H,1H3,(H,19,21)/t10-/m1/s1. The van der Waals surface area contributed by atoms with Gasteiger partial charge < -0.3 is 10.1 Å². The van der Waals surface area contributed by atoms with Crippen LogP contribution in [0.15, 0.2) is 53.4 Å². The van der Waals surface area contributed by atoms with Gasteiger partial charge in [0.15, 0.2) is 9.84 Å². The number of carbonyl (C=O) groups is 1. The van der Waals surface area contributed by atoms with Gasteiger partial charge in [-0.15, -0.1) is 0 Å². The fourth-order valence-electron chi connectivity index (χ4n) is 2.07. The van der Waals surface area contributed by atoms with Gasteiger partial charge in [0.1, 0.15) is 11.0 Å². The van der Waals surface area contributed by atoms with Crippen molar-refractivity contribution in [2.24, 2.45) is 0 Å².